The summed E-state index contributed by atoms with van der Waals surface area (Å²) in [4.78, 5) is 17.0. The van der Waals surface area contributed by atoms with Crippen LogP contribution in [0.3, 0.4) is 0 Å². The van der Waals surface area contributed by atoms with Crippen LogP contribution < -0.4 is 16.6 Å². The van der Waals surface area contributed by atoms with Crippen LogP contribution in [0.4, 0.5) is 10.1 Å². The standard InChI is InChI=1S/C12H13FN4OS/c1-7-10(19-6-16-7)5-15-12(18)8-3-2-4-9(13)11(8)17-14/h2-4,6,17H,5,14H2,1H3,(H,15,18). The summed E-state index contributed by atoms with van der Waals surface area (Å²) in [6.45, 7) is 2.23. The summed E-state index contributed by atoms with van der Waals surface area (Å²) in [5, 5.41) is 2.71. The molecule has 5 nitrogen and oxygen atoms in total. The van der Waals surface area contributed by atoms with Crippen molar-refractivity contribution in [3.8, 4) is 0 Å². The van der Waals surface area contributed by atoms with Crippen molar-refractivity contribution in [3.63, 3.8) is 0 Å². The Morgan fingerprint density at radius 1 is 1.53 bits per heavy atom. The molecule has 0 unspecified atom stereocenters. The third-order valence-electron chi connectivity index (χ3n) is 2.66. The van der Waals surface area contributed by atoms with Gasteiger partial charge in [-0.1, -0.05) is 6.07 Å². The van der Waals surface area contributed by atoms with Gasteiger partial charge < -0.3 is 10.7 Å². The molecule has 2 aromatic rings. The van der Waals surface area contributed by atoms with Crippen LogP contribution in [0.1, 0.15) is 20.9 Å². The third-order valence-corrected chi connectivity index (χ3v) is 3.59. The van der Waals surface area contributed by atoms with Gasteiger partial charge in [-0.05, 0) is 19.1 Å². The number of carbonyl (C=O) groups is 1. The van der Waals surface area contributed by atoms with Crippen LogP contribution >= 0.6 is 11.3 Å². The minimum atomic E-state index is -0.566. The predicted octanol–water partition coefficient (Wildman–Crippen LogP) is 1.81. The van der Waals surface area contributed by atoms with E-state index in [0.29, 0.717) is 6.54 Å². The highest BCUT2D eigenvalue weighted by Crippen LogP contribution is 2.19. The number of aryl methyl sites for hydroxylation is 1. The average molecular weight is 280 g/mol. The number of thiazole rings is 1. The number of benzene rings is 1. The summed E-state index contributed by atoms with van der Waals surface area (Å²) < 4.78 is 13.5. The van der Waals surface area contributed by atoms with Gasteiger partial charge in [0, 0.05) is 4.88 Å². The highest BCUT2D eigenvalue weighted by atomic mass is 32.1. The number of nitrogen functional groups attached to an aromatic ring is 1. The molecule has 0 atom stereocenters. The van der Waals surface area contributed by atoms with Gasteiger partial charge in [0.2, 0.25) is 0 Å². The lowest BCUT2D eigenvalue weighted by Gasteiger charge is -2.10. The highest BCUT2D eigenvalue weighted by molar-refractivity contribution is 7.09. The molecule has 0 radical (unpaired) electrons. The lowest BCUT2D eigenvalue weighted by Crippen LogP contribution is -2.25. The van der Waals surface area contributed by atoms with Crippen molar-refractivity contribution in [2.75, 3.05) is 5.43 Å². The molecule has 0 bridgehead atoms. The molecule has 19 heavy (non-hydrogen) atoms. The second-order valence-corrected chi connectivity index (χ2v) is 4.79. The summed E-state index contributed by atoms with van der Waals surface area (Å²) >= 11 is 1.46. The summed E-state index contributed by atoms with van der Waals surface area (Å²) in [5.41, 5.74) is 4.95. The number of hydrogen-bond acceptors (Lipinski definition) is 5. The number of nitrogens with one attached hydrogen (secondary N) is 2. The van der Waals surface area contributed by atoms with Crippen molar-refractivity contribution in [2.45, 2.75) is 13.5 Å². The molecule has 0 aliphatic heterocycles. The second kappa shape index (κ2) is 5.77. The lowest BCUT2D eigenvalue weighted by molar-refractivity contribution is 0.0951. The van der Waals surface area contributed by atoms with E-state index in [1.54, 1.807) is 5.51 Å². The Hall–Kier alpha value is -1.99. The van der Waals surface area contributed by atoms with Crippen molar-refractivity contribution >= 4 is 22.9 Å². The van der Waals surface area contributed by atoms with Crippen molar-refractivity contribution < 1.29 is 9.18 Å². The number of aromatic nitrogens is 1. The van der Waals surface area contributed by atoms with E-state index in [0.717, 1.165) is 10.6 Å². The van der Waals surface area contributed by atoms with Crippen LogP contribution in [0.25, 0.3) is 0 Å². The van der Waals surface area contributed by atoms with Gasteiger partial charge in [-0.3, -0.25) is 10.6 Å². The van der Waals surface area contributed by atoms with Gasteiger partial charge in [0.25, 0.3) is 5.91 Å². The predicted molar refractivity (Wildman–Crippen MR) is 72.2 cm³/mol. The van der Waals surface area contributed by atoms with E-state index in [1.165, 1.54) is 29.5 Å². The molecular weight excluding hydrogens is 267 g/mol. The Kier molecular flexibility index (Phi) is 4.08. The molecule has 0 saturated heterocycles. The number of halogens is 1. The van der Waals surface area contributed by atoms with Gasteiger partial charge in [-0.15, -0.1) is 11.3 Å². The van der Waals surface area contributed by atoms with Gasteiger partial charge in [0.15, 0.2) is 0 Å². The number of rotatable bonds is 4. The zero-order chi connectivity index (χ0) is 13.8. The molecule has 1 aromatic heterocycles. The molecule has 1 heterocycles. The molecule has 0 saturated carbocycles. The maximum atomic E-state index is 13.5. The first-order chi connectivity index (χ1) is 9.13. The van der Waals surface area contributed by atoms with Crippen molar-refractivity contribution in [1.82, 2.24) is 10.3 Å². The topological polar surface area (TPSA) is 80.0 Å². The molecule has 100 valence electrons. The van der Waals surface area contributed by atoms with Crippen molar-refractivity contribution in [2.24, 2.45) is 5.84 Å². The maximum absolute atomic E-state index is 13.5. The summed E-state index contributed by atoms with van der Waals surface area (Å²) in [6, 6.07) is 4.20. The number of anilines is 1. The minimum absolute atomic E-state index is 0.0129. The zero-order valence-electron chi connectivity index (χ0n) is 10.2. The summed E-state index contributed by atoms with van der Waals surface area (Å²) in [5.74, 6) is 4.27. The van der Waals surface area contributed by atoms with Crippen LogP contribution in [0.15, 0.2) is 23.7 Å². The normalized spacial score (nSPS) is 10.3. The quantitative estimate of drug-likeness (QED) is 0.589. The second-order valence-electron chi connectivity index (χ2n) is 3.85. The maximum Gasteiger partial charge on any atom is 0.253 e. The molecule has 0 aliphatic carbocycles. The van der Waals surface area contributed by atoms with E-state index < -0.39 is 5.82 Å². The fourth-order valence-corrected chi connectivity index (χ4v) is 2.33. The van der Waals surface area contributed by atoms with Gasteiger partial charge in [-0.2, -0.15) is 0 Å². The monoisotopic (exact) mass is 280 g/mol. The van der Waals surface area contributed by atoms with E-state index in [1.807, 2.05) is 6.92 Å². The zero-order valence-corrected chi connectivity index (χ0v) is 11.1. The minimum Gasteiger partial charge on any atom is -0.347 e. The Bertz CT molecular complexity index is 599. The van der Waals surface area contributed by atoms with Gasteiger partial charge >= 0.3 is 0 Å². The molecular formula is C12H13FN4OS. The van der Waals surface area contributed by atoms with Crippen LogP contribution in [0.5, 0.6) is 0 Å². The summed E-state index contributed by atoms with van der Waals surface area (Å²) in [7, 11) is 0. The van der Waals surface area contributed by atoms with Crippen molar-refractivity contribution in [3.05, 3.63) is 45.7 Å². The number of carbonyl (C=O) groups excluding carboxylic acids is 1. The molecule has 0 aliphatic rings. The third kappa shape index (κ3) is 2.88. The first kappa shape index (κ1) is 13.4. The number of hydrogen-bond donors (Lipinski definition) is 3. The molecule has 2 rings (SSSR count). The summed E-state index contributed by atoms with van der Waals surface area (Å²) in [6.07, 6.45) is 0. The molecule has 0 spiro atoms. The average Bonchev–Trinajstić information content (AvgIpc) is 2.81. The SMILES string of the molecule is Cc1ncsc1CNC(=O)c1cccc(F)c1NN. The number of hydrazine groups is 1. The van der Waals surface area contributed by atoms with Crippen LogP contribution in [0.2, 0.25) is 0 Å². The largest absolute Gasteiger partial charge is 0.347 e. The molecule has 7 heteroatoms. The van der Waals surface area contributed by atoms with Gasteiger partial charge in [0.05, 0.1) is 29.0 Å². The number of nitrogens with zero attached hydrogens (tertiary/aromatic N) is 1. The smallest absolute Gasteiger partial charge is 0.253 e. The molecule has 1 amide bonds. The number of amides is 1. The molecule has 1 aromatic carbocycles. The van der Waals surface area contributed by atoms with E-state index in [4.69, 9.17) is 5.84 Å². The molecule has 0 fully saturated rings. The Morgan fingerprint density at radius 3 is 2.95 bits per heavy atom. The number of nitrogens with two attached hydrogens (primary N) is 1. The highest BCUT2D eigenvalue weighted by Gasteiger charge is 2.14. The van der Waals surface area contributed by atoms with Crippen molar-refractivity contribution in [1.29, 1.82) is 0 Å². The fourth-order valence-electron chi connectivity index (χ4n) is 1.61. The first-order valence-corrected chi connectivity index (χ1v) is 6.43. The fraction of sp³-hybridized carbons (Fsp3) is 0.167. The Balaban J connectivity index is 2.12. The van der Waals surface area contributed by atoms with Crippen LogP contribution in [-0.4, -0.2) is 10.9 Å². The van der Waals surface area contributed by atoms with Gasteiger partial charge in [0.1, 0.15) is 5.82 Å². The lowest BCUT2D eigenvalue weighted by atomic mass is 10.1. The van der Waals surface area contributed by atoms with Crippen LogP contribution in [-0.2, 0) is 6.54 Å². The first-order valence-electron chi connectivity index (χ1n) is 5.55. The Morgan fingerprint density at radius 2 is 2.32 bits per heavy atom. The number of para-hydroxylation sites is 1. The van der Waals surface area contributed by atoms with E-state index in [-0.39, 0.29) is 17.2 Å². The Labute approximate surface area is 113 Å². The van der Waals surface area contributed by atoms with Gasteiger partial charge in [-0.25, -0.2) is 9.37 Å². The van der Waals surface area contributed by atoms with E-state index >= 15 is 0 Å². The van der Waals surface area contributed by atoms with E-state index in [9.17, 15) is 9.18 Å². The molecule has 4 N–H and O–H groups in total. The van der Waals surface area contributed by atoms with E-state index in [2.05, 4.69) is 15.7 Å². The van der Waals surface area contributed by atoms with Crippen LogP contribution in [0, 0.1) is 12.7 Å².